The third kappa shape index (κ3) is 5.02. The predicted molar refractivity (Wildman–Crippen MR) is 256 cm³/mol. The largest absolute Gasteiger partial charge is 0.208 e. The lowest BCUT2D eigenvalue weighted by Gasteiger charge is -2.30. The first-order valence-corrected chi connectivity index (χ1v) is 21.9. The second kappa shape index (κ2) is 13.6. The normalized spacial score (nSPS) is 13.0. The molecule has 0 saturated carbocycles. The van der Waals surface area contributed by atoms with Crippen molar-refractivity contribution < 1.29 is 0 Å². The van der Waals surface area contributed by atoms with E-state index in [1.165, 1.54) is 70.2 Å². The van der Waals surface area contributed by atoms with Crippen molar-refractivity contribution >= 4 is 31.5 Å². The molecular weight excluding hydrogens is 771 g/mol. The summed E-state index contributed by atoms with van der Waals surface area (Å²) in [6, 6.07) is 76.7. The Morgan fingerprint density at radius 1 is 0.290 bits per heavy atom. The Kier molecular flexibility index (Phi) is 7.69. The lowest BCUT2D eigenvalue weighted by atomic mass is 9.70. The number of fused-ring (bicyclic) bond motifs is 13. The fourth-order valence-corrected chi connectivity index (χ4v) is 11.6. The van der Waals surface area contributed by atoms with Crippen molar-refractivity contribution in [1.82, 2.24) is 15.0 Å². The van der Waals surface area contributed by atoms with Gasteiger partial charge in [0.1, 0.15) is 0 Å². The average molecular weight is 806 g/mol. The number of aromatic nitrogens is 3. The van der Waals surface area contributed by atoms with Gasteiger partial charge in [0.2, 0.25) is 0 Å². The van der Waals surface area contributed by atoms with E-state index in [0.717, 1.165) is 33.4 Å². The standard InChI is InChI=1S/C58H35N3S/c1-2-16-37(17-3-1)55-59-56(38-34-32-36(33-35-38)39-24-15-31-52-54(39)46-23-9-13-30-51(46)62-52)61-57(60-55)44-21-5-4-18-40(44)43-25-14-29-50-53(43)45-22-8-12-28-49(45)58(50)47-26-10-6-19-41(47)42-20-7-11-27-48(42)58/h1-35H. The summed E-state index contributed by atoms with van der Waals surface area (Å²) in [5.41, 5.74) is 17.4. The van der Waals surface area contributed by atoms with E-state index in [2.05, 4.69) is 194 Å². The minimum absolute atomic E-state index is 0.431. The number of thiophene rings is 1. The highest BCUT2D eigenvalue weighted by molar-refractivity contribution is 7.25. The van der Waals surface area contributed by atoms with Crippen molar-refractivity contribution in [2.45, 2.75) is 5.41 Å². The lowest BCUT2D eigenvalue weighted by molar-refractivity contribution is 0.794. The van der Waals surface area contributed by atoms with Gasteiger partial charge in [0.25, 0.3) is 0 Å². The van der Waals surface area contributed by atoms with Gasteiger partial charge in [-0.1, -0.05) is 200 Å². The van der Waals surface area contributed by atoms with Crippen LogP contribution in [0, 0.1) is 0 Å². The molecule has 0 amide bonds. The van der Waals surface area contributed by atoms with Crippen LogP contribution in [0.15, 0.2) is 212 Å². The molecule has 0 atom stereocenters. The summed E-state index contributed by atoms with van der Waals surface area (Å²) < 4.78 is 2.60. The Morgan fingerprint density at radius 2 is 0.758 bits per heavy atom. The van der Waals surface area contributed by atoms with E-state index in [4.69, 9.17) is 15.0 Å². The number of hydrogen-bond acceptors (Lipinski definition) is 4. The SMILES string of the molecule is c1ccc(-c2nc(-c3ccc(-c4cccc5sc6ccccc6c45)cc3)nc(-c3ccccc3-c3cccc4c3-c3ccccc3C43c4ccccc4-c4ccccc43)n2)cc1. The Labute approximate surface area is 363 Å². The number of hydrogen-bond donors (Lipinski definition) is 0. The maximum Gasteiger partial charge on any atom is 0.164 e. The molecule has 0 saturated heterocycles. The maximum absolute atomic E-state index is 5.32. The topological polar surface area (TPSA) is 38.7 Å². The molecule has 1 spiro atoms. The highest BCUT2D eigenvalue weighted by Crippen LogP contribution is 2.64. The minimum atomic E-state index is -0.431. The Bertz CT molecular complexity index is 3540. The van der Waals surface area contributed by atoms with Crippen molar-refractivity contribution in [2.24, 2.45) is 0 Å². The third-order valence-electron chi connectivity index (χ3n) is 13.0. The van der Waals surface area contributed by atoms with Crippen LogP contribution in [-0.4, -0.2) is 15.0 Å². The van der Waals surface area contributed by atoms with Crippen LogP contribution in [0.4, 0.5) is 0 Å². The van der Waals surface area contributed by atoms with Crippen LogP contribution in [0.5, 0.6) is 0 Å². The molecule has 9 aromatic carbocycles. The van der Waals surface area contributed by atoms with Crippen molar-refractivity contribution in [3.63, 3.8) is 0 Å². The summed E-state index contributed by atoms with van der Waals surface area (Å²) in [5, 5.41) is 2.59. The molecule has 3 nitrogen and oxygen atoms in total. The van der Waals surface area contributed by atoms with E-state index in [0.29, 0.717) is 17.5 Å². The first-order valence-electron chi connectivity index (χ1n) is 21.1. The van der Waals surface area contributed by atoms with Crippen molar-refractivity contribution in [3.8, 4) is 78.7 Å². The maximum atomic E-state index is 5.32. The molecule has 11 aromatic rings. The fourth-order valence-electron chi connectivity index (χ4n) is 10.4. The fraction of sp³-hybridized carbons (Fsp3) is 0.0172. The molecule has 13 rings (SSSR count). The summed E-state index contributed by atoms with van der Waals surface area (Å²) in [6.07, 6.45) is 0. The Balaban J connectivity index is 0.988. The highest BCUT2D eigenvalue weighted by atomic mass is 32.1. The molecule has 0 unspecified atom stereocenters. The van der Waals surface area contributed by atoms with Gasteiger partial charge in [0, 0.05) is 36.9 Å². The molecule has 0 fully saturated rings. The Morgan fingerprint density at radius 3 is 1.48 bits per heavy atom. The second-order valence-corrected chi connectivity index (χ2v) is 17.3. The molecule has 0 N–H and O–H groups in total. The molecule has 2 aromatic heterocycles. The zero-order valence-corrected chi connectivity index (χ0v) is 34.3. The molecule has 0 aliphatic heterocycles. The molecule has 2 heterocycles. The summed E-state index contributed by atoms with van der Waals surface area (Å²) >= 11 is 1.84. The molecule has 0 radical (unpaired) electrons. The smallest absolute Gasteiger partial charge is 0.164 e. The zero-order chi connectivity index (χ0) is 40.8. The van der Waals surface area contributed by atoms with E-state index < -0.39 is 5.41 Å². The zero-order valence-electron chi connectivity index (χ0n) is 33.5. The van der Waals surface area contributed by atoms with E-state index in [1.807, 2.05) is 29.5 Å². The van der Waals surface area contributed by atoms with E-state index in [-0.39, 0.29) is 0 Å². The molecule has 0 bridgehead atoms. The number of rotatable bonds is 5. The van der Waals surface area contributed by atoms with Gasteiger partial charge in [-0.25, -0.2) is 15.0 Å². The predicted octanol–water partition coefficient (Wildman–Crippen LogP) is 14.9. The molecule has 4 heteroatoms. The van der Waals surface area contributed by atoms with Crippen LogP contribution in [0.3, 0.4) is 0 Å². The first-order chi connectivity index (χ1) is 30.8. The number of benzene rings is 9. The monoisotopic (exact) mass is 805 g/mol. The van der Waals surface area contributed by atoms with Gasteiger partial charge in [-0.15, -0.1) is 11.3 Å². The molecular formula is C58H35N3S. The van der Waals surface area contributed by atoms with Crippen LogP contribution in [0.2, 0.25) is 0 Å². The van der Waals surface area contributed by atoms with Gasteiger partial charge >= 0.3 is 0 Å². The summed E-state index contributed by atoms with van der Waals surface area (Å²) in [7, 11) is 0. The lowest BCUT2D eigenvalue weighted by Crippen LogP contribution is -2.25. The summed E-state index contributed by atoms with van der Waals surface area (Å²) in [6.45, 7) is 0. The quantitative estimate of drug-likeness (QED) is 0.174. The van der Waals surface area contributed by atoms with Gasteiger partial charge in [0.15, 0.2) is 17.5 Å². The molecule has 62 heavy (non-hydrogen) atoms. The molecule has 288 valence electrons. The van der Waals surface area contributed by atoms with Crippen LogP contribution < -0.4 is 0 Å². The highest BCUT2D eigenvalue weighted by Gasteiger charge is 2.52. The Hall–Kier alpha value is -7.79. The van der Waals surface area contributed by atoms with Crippen molar-refractivity contribution in [2.75, 3.05) is 0 Å². The van der Waals surface area contributed by atoms with Gasteiger partial charge in [-0.3, -0.25) is 0 Å². The summed E-state index contributed by atoms with van der Waals surface area (Å²) in [5.74, 6) is 1.91. The minimum Gasteiger partial charge on any atom is -0.208 e. The van der Waals surface area contributed by atoms with E-state index >= 15 is 0 Å². The van der Waals surface area contributed by atoms with Crippen LogP contribution in [-0.2, 0) is 5.41 Å². The van der Waals surface area contributed by atoms with Gasteiger partial charge in [-0.2, -0.15) is 0 Å². The number of nitrogens with zero attached hydrogens (tertiary/aromatic N) is 3. The van der Waals surface area contributed by atoms with Crippen molar-refractivity contribution in [3.05, 3.63) is 235 Å². The van der Waals surface area contributed by atoms with Gasteiger partial charge in [0.05, 0.1) is 5.41 Å². The first kappa shape index (κ1) is 35.0. The van der Waals surface area contributed by atoms with Crippen molar-refractivity contribution in [1.29, 1.82) is 0 Å². The molecule has 2 aliphatic rings. The second-order valence-electron chi connectivity index (χ2n) is 16.2. The third-order valence-corrected chi connectivity index (χ3v) is 14.1. The van der Waals surface area contributed by atoms with E-state index in [1.54, 1.807) is 0 Å². The molecule has 2 aliphatic carbocycles. The average Bonchev–Trinajstić information content (AvgIpc) is 3.99. The van der Waals surface area contributed by atoms with Crippen LogP contribution >= 0.6 is 11.3 Å². The van der Waals surface area contributed by atoms with E-state index in [9.17, 15) is 0 Å². The van der Waals surface area contributed by atoms with Gasteiger partial charge < -0.3 is 0 Å². The van der Waals surface area contributed by atoms with Crippen LogP contribution in [0.1, 0.15) is 22.3 Å². The van der Waals surface area contributed by atoms with Crippen LogP contribution in [0.25, 0.3) is 98.8 Å². The summed E-state index contributed by atoms with van der Waals surface area (Å²) in [4.78, 5) is 15.7. The van der Waals surface area contributed by atoms with Gasteiger partial charge in [-0.05, 0) is 78.9 Å².